The minimum absolute atomic E-state index is 0.879. The van der Waals surface area contributed by atoms with Crippen molar-refractivity contribution in [3.63, 3.8) is 0 Å². The van der Waals surface area contributed by atoms with Crippen molar-refractivity contribution in [3.8, 4) is 0 Å². The largest absolute Gasteiger partial charge is 0.355 e. The maximum absolute atomic E-state index is 4.89. The normalized spacial score (nSPS) is 12.5. The zero-order valence-corrected chi connectivity index (χ0v) is 17.8. The summed E-state index contributed by atoms with van der Waals surface area (Å²) in [4.78, 5) is 17.0. The van der Waals surface area contributed by atoms with E-state index in [4.69, 9.17) is 9.97 Å². The van der Waals surface area contributed by atoms with Gasteiger partial charge in [0.15, 0.2) is 0 Å². The summed E-state index contributed by atoms with van der Waals surface area (Å²) in [5.74, 6) is 0. The maximum atomic E-state index is 4.89. The summed E-state index contributed by atoms with van der Waals surface area (Å²) in [5.41, 5.74) is 13.0. The van der Waals surface area contributed by atoms with Crippen molar-refractivity contribution in [2.24, 2.45) is 0 Å². The summed E-state index contributed by atoms with van der Waals surface area (Å²) in [6.07, 6.45) is 9.23. The van der Waals surface area contributed by atoms with Crippen molar-refractivity contribution in [3.05, 3.63) is 69.3 Å². The first-order valence-corrected chi connectivity index (χ1v) is 10.4. The zero-order chi connectivity index (χ0) is 20.8. The molecule has 0 amide bonds. The first-order chi connectivity index (χ1) is 14.5. The molecule has 5 rings (SSSR count). The minimum Gasteiger partial charge on any atom is -0.355 e. The smallest absolute Gasteiger partial charge is 0.111 e. The van der Waals surface area contributed by atoms with Gasteiger partial charge in [-0.1, -0.05) is 13.1 Å². The van der Waals surface area contributed by atoms with Crippen molar-refractivity contribution in [1.29, 1.82) is 0 Å². The van der Waals surface area contributed by atoms with E-state index in [-0.39, 0.29) is 0 Å². The average molecular weight is 391 g/mol. The molecule has 147 valence electrons. The van der Waals surface area contributed by atoms with Gasteiger partial charge in [0, 0.05) is 27.6 Å². The van der Waals surface area contributed by atoms with Gasteiger partial charge in [0.1, 0.15) is 7.28 Å². The molecule has 3 aromatic rings. The predicted octanol–water partition coefficient (Wildman–Crippen LogP) is 5.83. The Morgan fingerprint density at radius 2 is 1.03 bits per heavy atom. The summed E-state index contributed by atoms with van der Waals surface area (Å²) in [6, 6.07) is 8.63. The van der Waals surface area contributed by atoms with Crippen LogP contribution in [-0.2, 0) is 6.32 Å². The van der Waals surface area contributed by atoms with Crippen LogP contribution in [0.5, 0.6) is 0 Å². The van der Waals surface area contributed by atoms with Gasteiger partial charge in [-0.2, -0.15) is 0 Å². The van der Waals surface area contributed by atoms with Crippen LogP contribution in [0.3, 0.4) is 0 Å². The molecule has 0 spiro atoms. The van der Waals surface area contributed by atoms with Gasteiger partial charge in [-0.3, -0.25) is 0 Å². The van der Waals surface area contributed by atoms with Crippen molar-refractivity contribution in [2.45, 2.75) is 33.9 Å². The number of aromatic amines is 2. The lowest BCUT2D eigenvalue weighted by Crippen LogP contribution is -1.93. The van der Waals surface area contributed by atoms with Crippen LogP contribution in [0, 0.1) is 20.8 Å². The molecule has 0 fully saturated rings. The quantitative estimate of drug-likeness (QED) is 0.372. The molecule has 0 aromatic carbocycles. The summed E-state index contributed by atoms with van der Waals surface area (Å²) in [6.45, 7) is 8.43. The second kappa shape index (κ2) is 7.17. The Kier molecular flexibility index (Phi) is 4.46. The Labute approximate surface area is 177 Å². The Morgan fingerprint density at radius 1 is 0.633 bits per heavy atom. The van der Waals surface area contributed by atoms with Crippen LogP contribution in [0.4, 0.5) is 0 Å². The molecule has 4 nitrogen and oxygen atoms in total. The highest BCUT2D eigenvalue weighted by Gasteiger charge is 2.12. The highest BCUT2D eigenvalue weighted by Crippen LogP contribution is 2.26. The van der Waals surface area contributed by atoms with Crippen LogP contribution in [0.1, 0.15) is 45.0 Å². The number of nitrogens with one attached hydrogen (secondary N) is 2. The lowest BCUT2D eigenvalue weighted by Gasteiger charge is -2.00. The van der Waals surface area contributed by atoms with Crippen LogP contribution >= 0.6 is 0 Å². The van der Waals surface area contributed by atoms with E-state index in [1.807, 2.05) is 0 Å². The lowest BCUT2D eigenvalue weighted by atomic mass is 9.75. The highest BCUT2D eigenvalue weighted by atomic mass is 14.8. The standard InChI is InChI=1S/C25H24BN4/c1-14-18-5-7-20(27-18)15(2)22-9-11-24(29-22)17(13-26-4)25-12-10-23(30-25)16(3)21-8-6-19(14)28-21/h5-12,29-30H,13H2,1-4H3. The Balaban J connectivity index is 1.95. The molecule has 2 aliphatic rings. The number of hydrogen-bond acceptors (Lipinski definition) is 2. The Bertz CT molecular complexity index is 1290. The molecule has 0 atom stereocenters. The van der Waals surface area contributed by atoms with Gasteiger partial charge in [-0.05, 0) is 86.0 Å². The number of aryl methyl sites for hydroxylation is 2. The number of aromatic nitrogens is 4. The number of fused-ring (bicyclic) bond motifs is 8. The Morgan fingerprint density at radius 3 is 1.47 bits per heavy atom. The fourth-order valence-electron chi connectivity index (χ4n) is 4.12. The molecule has 5 heterocycles. The van der Waals surface area contributed by atoms with Gasteiger partial charge in [0.25, 0.3) is 0 Å². The first-order valence-electron chi connectivity index (χ1n) is 10.4. The van der Waals surface area contributed by atoms with Crippen LogP contribution in [0.25, 0.3) is 46.4 Å². The van der Waals surface area contributed by atoms with E-state index in [2.05, 4.69) is 93.4 Å². The predicted molar refractivity (Wildman–Crippen MR) is 128 cm³/mol. The number of H-pyrrole nitrogens is 2. The molecule has 0 aliphatic carbocycles. The van der Waals surface area contributed by atoms with E-state index in [1.165, 1.54) is 5.56 Å². The molecule has 2 N–H and O–H groups in total. The zero-order valence-electron chi connectivity index (χ0n) is 17.8. The van der Waals surface area contributed by atoms with Gasteiger partial charge >= 0.3 is 0 Å². The molecule has 3 aromatic heterocycles. The van der Waals surface area contributed by atoms with E-state index in [1.54, 1.807) is 0 Å². The van der Waals surface area contributed by atoms with Gasteiger partial charge < -0.3 is 9.97 Å². The molecule has 1 radical (unpaired) electrons. The van der Waals surface area contributed by atoms with E-state index in [0.717, 1.165) is 67.9 Å². The molecular weight excluding hydrogens is 367 g/mol. The monoisotopic (exact) mass is 391 g/mol. The van der Waals surface area contributed by atoms with Crippen LogP contribution in [0.2, 0.25) is 6.82 Å². The van der Waals surface area contributed by atoms with Gasteiger partial charge in [-0.15, -0.1) is 0 Å². The Hall–Kier alpha value is -3.34. The third-order valence-electron chi connectivity index (χ3n) is 6.06. The molecule has 5 heteroatoms. The molecular formula is C25H24BN4. The number of hydrogen-bond donors (Lipinski definition) is 2. The summed E-state index contributed by atoms with van der Waals surface area (Å²) in [5, 5.41) is 0. The topological polar surface area (TPSA) is 57.4 Å². The fourth-order valence-corrected chi connectivity index (χ4v) is 4.12. The van der Waals surface area contributed by atoms with Crippen molar-refractivity contribution in [1.82, 2.24) is 19.9 Å². The van der Waals surface area contributed by atoms with Gasteiger partial charge in [0.05, 0.1) is 22.8 Å². The van der Waals surface area contributed by atoms with Gasteiger partial charge in [0.2, 0.25) is 0 Å². The average Bonchev–Trinajstić information content (AvgIpc) is 3.56. The van der Waals surface area contributed by atoms with Crippen molar-refractivity contribution < 1.29 is 0 Å². The van der Waals surface area contributed by atoms with E-state index in [0.29, 0.717) is 0 Å². The third-order valence-corrected chi connectivity index (χ3v) is 6.06. The van der Waals surface area contributed by atoms with Gasteiger partial charge in [-0.25, -0.2) is 9.97 Å². The van der Waals surface area contributed by atoms with Crippen molar-refractivity contribution in [2.75, 3.05) is 0 Å². The third kappa shape index (κ3) is 3.02. The SMILES string of the molecule is C[B]Cc1c2ccc([nH]2)c(C)c2nc(c(C)c3nc(c(C)c4ccc1[nH]4)C=C3)C=C2. The van der Waals surface area contributed by atoms with Crippen LogP contribution in [0.15, 0.2) is 24.3 Å². The maximum Gasteiger partial charge on any atom is 0.111 e. The lowest BCUT2D eigenvalue weighted by molar-refractivity contribution is 1.19. The van der Waals surface area contributed by atoms with E-state index in [9.17, 15) is 0 Å². The fraction of sp³-hybridized carbons (Fsp3) is 0.200. The van der Waals surface area contributed by atoms with Crippen LogP contribution < -0.4 is 0 Å². The molecule has 30 heavy (non-hydrogen) atoms. The van der Waals surface area contributed by atoms with Crippen LogP contribution in [-0.4, -0.2) is 27.2 Å². The highest BCUT2D eigenvalue weighted by molar-refractivity contribution is 6.33. The van der Waals surface area contributed by atoms with E-state index < -0.39 is 0 Å². The molecule has 0 saturated carbocycles. The summed E-state index contributed by atoms with van der Waals surface area (Å²) in [7, 11) is 2.19. The molecule has 8 bridgehead atoms. The summed E-state index contributed by atoms with van der Waals surface area (Å²) < 4.78 is 0. The number of rotatable bonds is 2. The molecule has 2 aliphatic heterocycles. The number of nitrogens with zero attached hydrogens (tertiary/aromatic N) is 2. The van der Waals surface area contributed by atoms with Crippen molar-refractivity contribution >= 4 is 53.7 Å². The van der Waals surface area contributed by atoms with E-state index >= 15 is 0 Å². The molecule has 0 unspecified atom stereocenters. The second-order valence-corrected chi connectivity index (χ2v) is 7.97. The minimum atomic E-state index is 0.879. The summed E-state index contributed by atoms with van der Waals surface area (Å²) >= 11 is 0. The first kappa shape index (κ1) is 18.7. The second-order valence-electron chi connectivity index (χ2n) is 7.97. The molecule has 0 saturated heterocycles.